The summed E-state index contributed by atoms with van der Waals surface area (Å²) in [6.45, 7) is 3.28. The molecule has 0 saturated carbocycles. The standard InChI is InChI=1S/C17H18N4O2/c22-17(20-7-9-23-10-8-20)14-11-16(19-12-18-14)21-6-5-13-3-1-2-4-15(13)21/h1-4,11-12H,5-10H2. The molecule has 6 heteroatoms. The Kier molecular flexibility index (Phi) is 3.67. The van der Waals surface area contributed by atoms with Crippen LogP contribution in [0.2, 0.25) is 0 Å². The van der Waals surface area contributed by atoms with Crippen molar-refractivity contribution in [2.45, 2.75) is 6.42 Å². The predicted molar refractivity (Wildman–Crippen MR) is 85.9 cm³/mol. The number of carbonyl (C=O) groups excluding carboxylic acids is 1. The Morgan fingerprint density at radius 3 is 2.78 bits per heavy atom. The van der Waals surface area contributed by atoms with E-state index in [1.165, 1.54) is 11.9 Å². The van der Waals surface area contributed by atoms with Crippen molar-refractivity contribution in [1.82, 2.24) is 14.9 Å². The number of benzene rings is 1. The molecule has 0 atom stereocenters. The first-order valence-electron chi connectivity index (χ1n) is 7.87. The summed E-state index contributed by atoms with van der Waals surface area (Å²) in [6.07, 6.45) is 2.47. The molecule has 1 aromatic carbocycles. The third-order valence-corrected chi connectivity index (χ3v) is 4.33. The van der Waals surface area contributed by atoms with E-state index in [2.05, 4.69) is 33.1 Å². The monoisotopic (exact) mass is 310 g/mol. The van der Waals surface area contributed by atoms with E-state index in [1.54, 1.807) is 11.0 Å². The lowest BCUT2D eigenvalue weighted by atomic mass is 10.2. The highest BCUT2D eigenvalue weighted by atomic mass is 16.5. The van der Waals surface area contributed by atoms with Crippen LogP contribution in [0.3, 0.4) is 0 Å². The van der Waals surface area contributed by atoms with Crippen molar-refractivity contribution in [3.8, 4) is 0 Å². The van der Waals surface area contributed by atoms with Gasteiger partial charge in [0.25, 0.3) is 5.91 Å². The van der Waals surface area contributed by atoms with Gasteiger partial charge in [-0.1, -0.05) is 18.2 Å². The molecule has 0 N–H and O–H groups in total. The van der Waals surface area contributed by atoms with Gasteiger partial charge in [-0.3, -0.25) is 4.79 Å². The number of hydrogen-bond donors (Lipinski definition) is 0. The zero-order valence-electron chi connectivity index (χ0n) is 12.8. The van der Waals surface area contributed by atoms with Crippen LogP contribution in [0.5, 0.6) is 0 Å². The van der Waals surface area contributed by atoms with Gasteiger partial charge in [-0.2, -0.15) is 0 Å². The molecule has 0 spiro atoms. The third kappa shape index (κ3) is 2.66. The number of fused-ring (bicyclic) bond motifs is 1. The summed E-state index contributed by atoms with van der Waals surface area (Å²) < 4.78 is 5.29. The predicted octanol–water partition coefficient (Wildman–Crippen LogP) is 1.64. The summed E-state index contributed by atoms with van der Waals surface area (Å²) in [5.41, 5.74) is 2.92. The highest BCUT2D eigenvalue weighted by molar-refractivity contribution is 5.93. The van der Waals surface area contributed by atoms with Gasteiger partial charge in [0.15, 0.2) is 0 Å². The second kappa shape index (κ2) is 5.96. The molecule has 0 radical (unpaired) electrons. The fraction of sp³-hybridized carbons (Fsp3) is 0.353. The molecule has 2 aliphatic rings. The number of aromatic nitrogens is 2. The average molecular weight is 310 g/mol. The zero-order chi connectivity index (χ0) is 15.6. The van der Waals surface area contributed by atoms with Crippen LogP contribution in [-0.4, -0.2) is 53.6 Å². The minimum Gasteiger partial charge on any atom is -0.378 e. The van der Waals surface area contributed by atoms with Crippen molar-refractivity contribution < 1.29 is 9.53 Å². The molecule has 3 heterocycles. The van der Waals surface area contributed by atoms with Gasteiger partial charge in [0.2, 0.25) is 0 Å². The van der Waals surface area contributed by atoms with Crippen molar-refractivity contribution in [3.63, 3.8) is 0 Å². The number of nitrogens with zero attached hydrogens (tertiary/aromatic N) is 4. The lowest BCUT2D eigenvalue weighted by Gasteiger charge is -2.26. The lowest BCUT2D eigenvalue weighted by molar-refractivity contribution is 0.0299. The molecule has 0 aliphatic carbocycles. The first-order chi connectivity index (χ1) is 11.3. The largest absolute Gasteiger partial charge is 0.378 e. The van der Waals surface area contributed by atoms with Gasteiger partial charge < -0.3 is 14.5 Å². The molecule has 0 unspecified atom stereocenters. The minimum atomic E-state index is -0.0515. The fourth-order valence-electron chi connectivity index (χ4n) is 3.12. The molecule has 1 saturated heterocycles. The van der Waals surface area contributed by atoms with E-state index in [1.807, 2.05) is 6.07 Å². The molecular weight excluding hydrogens is 292 g/mol. The number of rotatable bonds is 2. The van der Waals surface area contributed by atoms with Crippen LogP contribution in [-0.2, 0) is 11.2 Å². The van der Waals surface area contributed by atoms with Gasteiger partial charge in [0, 0.05) is 31.4 Å². The molecule has 4 rings (SSSR count). The fourth-order valence-corrected chi connectivity index (χ4v) is 3.12. The Labute approximate surface area is 134 Å². The maximum absolute atomic E-state index is 12.6. The van der Waals surface area contributed by atoms with Crippen LogP contribution in [0.15, 0.2) is 36.7 Å². The molecular formula is C17H18N4O2. The van der Waals surface area contributed by atoms with E-state index in [9.17, 15) is 4.79 Å². The Hall–Kier alpha value is -2.47. The Bertz CT molecular complexity index is 728. The van der Waals surface area contributed by atoms with Crippen LogP contribution in [0.4, 0.5) is 11.5 Å². The Morgan fingerprint density at radius 1 is 1.09 bits per heavy atom. The summed E-state index contributed by atoms with van der Waals surface area (Å²) in [5, 5.41) is 0. The first kappa shape index (κ1) is 14.1. The SMILES string of the molecule is O=C(c1cc(N2CCc3ccccc32)ncn1)N1CCOCC1. The minimum absolute atomic E-state index is 0.0515. The molecule has 118 valence electrons. The number of ether oxygens (including phenoxy) is 1. The quantitative estimate of drug-likeness (QED) is 0.844. The van der Waals surface area contributed by atoms with Crippen LogP contribution in [0.25, 0.3) is 0 Å². The van der Waals surface area contributed by atoms with Gasteiger partial charge >= 0.3 is 0 Å². The van der Waals surface area contributed by atoms with E-state index in [4.69, 9.17) is 4.74 Å². The molecule has 23 heavy (non-hydrogen) atoms. The average Bonchev–Trinajstić information content (AvgIpc) is 3.06. The summed E-state index contributed by atoms with van der Waals surface area (Å²) >= 11 is 0. The number of para-hydroxylation sites is 1. The highest BCUT2D eigenvalue weighted by Crippen LogP contribution is 2.33. The van der Waals surface area contributed by atoms with Gasteiger partial charge in [-0.05, 0) is 18.1 Å². The topological polar surface area (TPSA) is 58.6 Å². The van der Waals surface area contributed by atoms with Crippen LogP contribution < -0.4 is 4.90 Å². The maximum Gasteiger partial charge on any atom is 0.272 e. The van der Waals surface area contributed by atoms with Crippen molar-refractivity contribution in [2.75, 3.05) is 37.7 Å². The second-order valence-electron chi connectivity index (χ2n) is 5.70. The van der Waals surface area contributed by atoms with Crippen LogP contribution in [0.1, 0.15) is 16.1 Å². The molecule has 2 aromatic rings. The second-order valence-corrected chi connectivity index (χ2v) is 5.70. The number of anilines is 2. The molecule has 2 aliphatic heterocycles. The van der Waals surface area contributed by atoms with Crippen molar-refractivity contribution in [2.24, 2.45) is 0 Å². The summed E-state index contributed by atoms with van der Waals surface area (Å²) in [5.74, 6) is 0.728. The van der Waals surface area contributed by atoms with Crippen molar-refractivity contribution in [3.05, 3.63) is 47.9 Å². The lowest BCUT2D eigenvalue weighted by Crippen LogP contribution is -2.41. The van der Waals surface area contributed by atoms with E-state index >= 15 is 0 Å². The third-order valence-electron chi connectivity index (χ3n) is 4.33. The molecule has 1 amide bonds. The van der Waals surface area contributed by atoms with Gasteiger partial charge in [0.05, 0.1) is 13.2 Å². The number of morpholine rings is 1. The summed E-state index contributed by atoms with van der Waals surface area (Å²) in [6, 6.07) is 10.1. The number of amides is 1. The van der Waals surface area contributed by atoms with E-state index in [0.29, 0.717) is 32.0 Å². The van der Waals surface area contributed by atoms with Gasteiger partial charge in [0.1, 0.15) is 17.8 Å². The Morgan fingerprint density at radius 2 is 1.91 bits per heavy atom. The number of hydrogen-bond acceptors (Lipinski definition) is 5. The molecule has 6 nitrogen and oxygen atoms in total. The van der Waals surface area contributed by atoms with Crippen LogP contribution >= 0.6 is 0 Å². The highest BCUT2D eigenvalue weighted by Gasteiger charge is 2.24. The van der Waals surface area contributed by atoms with E-state index < -0.39 is 0 Å². The zero-order valence-corrected chi connectivity index (χ0v) is 12.8. The molecule has 0 bridgehead atoms. The number of carbonyl (C=O) groups is 1. The molecule has 1 fully saturated rings. The van der Waals surface area contributed by atoms with Gasteiger partial charge in [-0.25, -0.2) is 9.97 Å². The Balaban J connectivity index is 1.61. The summed E-state index contributed by atoms with van der Waals surface area (Å²) in [4.78, 5) is 25.0. The van der Waals surface area contributed by atoms with E-state index in [0.717, 1.165) is 24.5 Å². The first-order valence-corrected chi connectivity index (χ1v) is 7.87. The van der Waals surface area contributed by atoms with Crippen molar-refractivity contribution >= 4 is 17.4 Å². The van der Waals surface area contributed by atoms with Gasteiger partial charge in [-0.15, -0.1) is 0 Å². The summed E-state index contributed by atoms with van der Waals surface area (Å²) in [7, 11) is 0. The normalized spacial score (nSPS) is 17.2. The maximum atomic E-state index is 12.6. The molecule has 1 aromatic heterocycles. The smallest absolute Gasteiger partial charge is 0.272 e. The van der Waals surface area contributed by atoms with E-state index in [-0.39, 0.29) is 5.91 Å². The van der Waals surface area contributed by atoms with Crippen LogP contribution in [0, 0.1) is 0 Å². The van der Waals surface area contributed by atoms with Crippen molar-refractivity contribution in [1.29, 1.82) is 0 Å².